The van der Waals surface area contributed by atoms with Gasteiger partial charge in [0.15, 0.2) is 11.5 Å². The van der Waals surface area contributed by atoms with Gasteiger partial charge in [-0.3, -0.25) is 9.11 Å². The van der Waals surface area contributed by atoms with E-state index in [4.69, 9.17) is 9.11 Å². The highest BCUT2D eigenvalue weighted by Crippen LogP contribution is 2.27. The highest BCUT2D eigenvalue weighted by atomic mass is 32.3. The van der Waals surface area contributed by atoms with Crippen LogP contribution in [0.1, 0.15) is 0 Å². The number of hydrogen-bond acceptors (Lipinski definition) is 6. The predicted octanol–water partition coefficient (Wildman–Crippen LogP) is -0.170. The van der Waals surface area contributed by atoms with E-state index in [2.05, 4.69) is 4.74 Å². The largest absolute Gasteiger partial charge is 0.504 e. The Kier molecular flexibility index (Phi) is 3.62. The van der Waals surface area contributed by atoms with E-state index in [9.17, 15) is 21.9 Å². The lowest BCUT2D eigenvalue weighted by atomic mass is 10.3. The summed E-state index contributed by atoms with van der Waals surface area (Å²) in [5.41, 5.74) is 0. The molecule has 0 atom stereocenters. The van der Waals surface area contributed by atoms with E-state index in [1.807, 2.05) is 0 Å². The van der Waals surface area contributed by atoms with Gasteiger partial charge in [-0.1, -0.05) is 12.1 Å². The first-order valence-corrected chi connectivity index (χ1v) is 7.00. The molecular weight excluding hydrogens is 276 g/mol. The normalized spacial score (nSPS) is 12.6. The van der Waals surface area contributed by atoms with E-state index in [1.54, 1.807) is 0 Å². The lowest BCUT2D eigenvalue weighted by molar-refractivity contribution is 0.286. The van der Waals surface area contributed by atoms with E-state index < -0.39 is 36.5 Å². The summed E-state index contributed by atoms with van der Waals surface area (Å²) in [7, 11) is -10.4. The van der Waals surface area contributed by atoms with Crippen LogP contribution in [-0.2, 0) is 20.2 Å². The molecule has 0 aliphatic heterocycles. The summed E-state index contributed by atoms with van der Waals surface area (Å²) >= 11 is 0. The van der Waals surface area contributed by atoms with Crippen LogP contribution in [0.4, 0.5) is 0 Å². The van der Waals surface area contributed by atoms with Crippen molar-refractivity contribution in [2.24, 2.45) is 0 Å². The average Bonchev–Trinajstić information content (AvgIpc) is 2.12. The molecule has 96 valence electrons. The van der Waals surface area contributed by atoms with E-state index in [0.717, 1.165) is 12.1 Å². The summed E-state index contributed by atoms with van der Waals surface area (Å²) in [6, 6.07) is 4.84. The molecule has 0 heterocycles. The second-order valence-corrected chi connectivity index (χ2v) is 6.12. The Balaban J connectivity index is 3.19. The summed E-state index contributed by atoms with van der Waals surface area (Å²) in [4.78, 5) is 0. The lowest BCUT2D eigenvalue weighted by Crippen LogP contribution is -2.35. The monoisotopic (exact) mass is 284 g/mol. The summed E-state index contributed by atoms with van der Waals surface area (Å²) < 4.78 is 61.4. The van der Waals surface area contributed by atoms with Gasteiger partial charge in [0.2, 0.25) is 0 Å². The SMILES string of the molecule is O=S(=O)(O)C(Oc1ccccc1O)S(=O)(=O)O. The maximum atomic E-state index is 10.7. The molecule has 8 nitrogen and oxygen atoms in total. The second-order valence-electron chi connectivity index (χ2n) is 2.90. The number of aromatic hydroxyl groups is 1. The van der Waals surface area contributed by atoms with Crippen molar-refractivity contribution in [1.82, 2.24) is 0 Å². The van der Waals surface area contributed by atoms with E-state index >= 15 is 0 Å². The van der Waals surface area contributed by atoms with E-state index in [0.29, 0.717) is 0 Å². The quantitative estimate of drug-likeness (QED) is 0.648. The first kappa shape index (κ1) is 13.7. The number of ether oxygens (including phenoxy) is 1. The molecule has 0 saturated heterocycles. The molecule has 0 saturated carbocycles. The Labute approximate surface area is 97.0 Å². The Morgan fingerprint density at radius 2 is 1.47 bits per heavy atom. The minimum absolute atomic E-state index is 0.521. The van der Waals surface area contributed by atoms with Gasteiger partial charge in [-0.2, -0.15) is 16.8 Å². The van der Waals surface area contributed by atoms with Gasteiger partial charge in [-0.25, -0.2) is 0 Å². The molecule has 0 radical (unpaired) electrons. The zero-order valence-corrected chi connectivity index (χ0v) is 9.72. The molecule has 1 rings (SSSR count). The van der Waals surface area contributed by atoms with Gasteiger partial charge >= 0.3 is 25.0 Å². The number of phenolic OH excluding ortho intramolecular Hbond substituents is 1. The van der Waals surface area contributed by atoms with Crippen LogP contribution in [0.25, 0.3) is 0 Å². The summed E-state index contributed by atoms with van der Waals surface area (Å²) in [6.07, 6.45) is 0. The van der Waals surface area contributed by atoms with E-state index in [-0.39, 0.29) is 0 Å². The topological polar surface area (TPSA) is 138 Å². The molecule has 0 unspecified atom stereocenters. The highest BCUT2D eigenvalue weighted by Gasteiger charge is 2.38. The van der Waals surface area contributed by atoms with Crippen molar-refractivity contribution in [3.8, 4) is 11.5 Å². The molecule has 0 aliphatic carbocycles. The molecule has 1 aromatic rings. The summed E-state index contributed by atoms with van der Waals surface area (Å²) in [5.74, 6) is -1.07. The van der Waals surface area contributed by atoms with E-state index in [1.165, 1.54) is 12.1 Å². The fourth-order valence-corrected chi connectivity index (χ4v) is 2.62. The van der Waals surface area contributed by atoms with Crippen LogP contribution in [-0.4, -0.2) is 35.8 Å². The lowest BCUT2D eigenvalue weighted by Gasteiger charge is -2.13. The molecule has 3 N–H and O–H groups in total. The van der Waals surface area contributed by atoms with Crippen molar-refractivity contribution in [1.29, 1.82) is 0 Å². The van der Waals surface area contributed by atoms with Crippen LogP contribution < -0.4 is 4.74 Å². The van der Waals surface area contributed by atoms with Gasteiger partial charge in [0.05, 0.1) is 0 Å². The molecule has 0 aromatic heterocycles. The predicted molar refractivity (Wildman–Crippen MR) is 55.6 cm³/mol. The van der Waals surface area contributed by atoms with Gasteiger partial charge < -0.3 is 9.84 Å². The molecule has 0 aliphatic rings. The number of hydrogen-bond donors (Lipinski definition) is 3. The zero-order valence-electron chi connectivity index (χ0n) is 8.09. The van der Waals surface area contributed by atoms with Gasteiger partial charge in [0, 0.05) is 0 Å². The Hall–Kier alpha value is -1.36. The third kappa shape index (κ3) is 3.56. The van der Waals surface area contributed by atoms with Crippen LogP contribution in [0.5, 0.6) is 11.5 Å². The van der Waals surface area contributed by atoms with Crippen LogP contribution in [0.3, 0.4) is 0 Å². The molecular formula is C7H8O8S2. The highest BCUT2D eigenvalue weighted by molar-refractivity contribution is 8.03. The van der Waals surface area contributed by atoms with Crippen molar-refractivity contribution in [3.63, 3.8) is 0 Å². The standard InChI is InChI=1S/C7H8O8S2/c8-5-3-1-2-4-6(5)15-7(16(9,10)11)17(12,13)14/h1-4,7-8H,(H,9,10,11)(H,12,13,14). The molecule has 0 fully saturated rings. The molecule has 10 heteroatoms. The Morgan fingerprint density at radius 3 is 1.88 bits per heavy atom. The van der Waals surface area contributed by atoms with Crippen molar-refractivity contribution >= 4 is 20.2 Å². The third-order valence-electron chi connectivity index (χ3n) is 1.57. The molecule has 1 aromatic carbocycles. The van der Waals surface area contributed by atoms with Crippen LogP contribution in [0.15, 0.2) is 24.3 Å². The fourth-order valence-electron chi connectivity index (χ4n) is 0.936. The molecule has 0 amide bonds. The molecule has 17 heavy (non-hydrogen) atoms. The zero-order chi connectivity index (χ0) is 13.3. The van der Waals surface area contributed by atoms with Crippen LogP contribution in [0, 0.1) is 0 Å². The Morgan fingerprint density at radius 1 is 1.00 bits per heavy atom. The Bertz CT molecular complexity index is 571. The first-order chi connectivity index (χ1) is 7.62. The maximum Gasteiger partial charge on any atom is 0.349 e. The fraction of sp³-hybridized carbons (Fsp3) is 0.143. The van der Waals surface area contributed by atoms with Crippen molar-refractivity contribution in [2.45, 2.75) is 4.77 Å². The van der Waals surface area contributed by atoms with Gasteiger partial charge in [0.25, 0.3) is 0 Å². The van der Waals surface area contributed by atoms with Gasteiger partial charge in [-0.05, 0) is 12.1 Å². The molecule has 0 spiro atoms. The van der Waals surface area contributed by atoms with Crippen molar-refractivity contribution in [3.05, 3.63) is 24.3 Å². The van der Waals surface area contributed by atoms with Crippen LogP contribution in [0.2, 0.25) is 0 Å². The summed E-state index contributed by atoms with van der Waals surface area (Å²) in [6.45, 7) is 0. The van der Waals surface area contributed by atoms with Gasteiger partial charge in [0.1, 0.15) is 0 Å². The smallest absolute Gasteiger partial charge is 0.349 e. The number of benzene rings is 1. The second kappa shape index (κ2) is 4.49. The van der Waals surface area contributed by atoms with Gasteiger partial charge in [-0.15, -0.1) is 0 Å². The minimum atomic E-state index is -5.21. The first-order valence-electron chi connectivity index (χ1n) is 3.99. The number of para-hydroxylation sites is 2. The third-order valence-corrected chi connectivity index (χ3v) is 4.20. The van der Waals surface area contributed by atoms with Crippen molar-refractivity contribution < 1.29 is 35.8 Å². The average molecular weight is 284 g/mol. The summed E-state index contributed by atoms with van der Waals surface area (Å²) in [5, 5.41) is 9.21. The van der Waals surface area contributed by atoms with Crippen molar-refractivity contribution in [2.75, 3.05) is 0 Å². The maximum absolute atomic E-state index is 10.7. The molecule has 0 bridgehead atoms. The number of rotatable bonds is 4. The number of phenols is 1. The van der Waals surface area contributed by atoms with Crippen LogP contribution >= 0.6 is 0 Å². The minimum Gasteiger partial charge on any atom is -0.504 e.